The molecule has 1 amide bonds. The van der Waals surface area contributed by atoms with Crippen molar-refractivity contribution in [3.05, 3.63) is 39.9 Å². The molecule has 0 bridgehead atoms. The molecule has 18 heavy (non-hydrogen) atoms. The van der Waals surface area contributed by atoms with Crippen molar-refractivity contribution >= 4 is 39.7 Å². The lowest BCUT2D eigenvalue weighted by Crippen LogP contribution is -2.12. The standard InChI is InChI=1S/C12H12ClN3OS/c1-2-7-4-3-5-8(13)10(7)16-11(17)9-6-15-12(14)18-9/h3-6H,2H2,1H3,(H2,14,15)(H,16,17). The largest absolute Gasteiger partial charge is 0.375 e. The fourth-order valence-corrected chi connectivity index (χ4v) is 2.39. The Balaban J connectivity index is 2.26. The van der Waals surface area contributed by atoms with E-state index in [1.54, 1.807) is 6.07 Å². The van der Waals surface area contributed by atoms with E-state index in [0.717, 1.165) is 23.3 Å². The van der Waals surface area contributed by atoms with Crippen molar-refractivity contribution in [3.8, 4) is 0 Å². The average molecular weight is 282 g/mol. The van der Waals surface area contributed by atoms with Gasteiger partial charge in [0.1, 0.15) is 4.88 Å². The molecule has 0 aliphatic rings. The Morgan fingerprint density at radius 3 is 2.94 bits per heavy atom. The molecule has 4 nitrogen and oxygen atoms in total. The van der Waals surface area contributed by atoms with Crippen LogP contribution in [0.1, 0.15) is 22.2 Å². The van der Waals surface area contributed by atoms with E-state index in [2.05, 4.69) is 10.3 Å². The van der Waals surface area contributed by atoms with Crippen LogP contribution in [0.15, 0.2) is 24.4 Å². The first-order valence-corrected chi connectivity index (χ1v) is 6.61. The number of hydrogen-bond acceptors (Lipinski definition) is 4. The van der Waals surface area contributed by atoms with Gasteiger partial charge in [-0.3, -0.25) is 4.79 Å². The second-order valence-electron chi connectivity index (χ2n) is 3.64. The molecule has 0 radical (unpaired) electrons. The predicted molar refractivity (Wildman–Crippen MR) is 75.3 cm³/mol. The number of aromatic nitrogens is 1. The third-order valence-corrected chi connectivity index (χ3v) is 3.61. The highest BCUT2D eigenvalue weighted by molar-refractivity contribution is 7.17. The predicted octanol–water partition coefficient (Wildman–Crippen LogP) is 3.19. The fraction of sp³-hybridized carbons (Fsp3) is 0.167. The van der Waals surface area contributed by atoms with E-state index in [4.69, 9.17) is 17.3 Å². The minimum Gasteiger partial charge on any atom is -0.375 e. The molecule has 1 aromatic carbocycles. The Morgan fingerprint density at radius 1 is 1.56 bits per heavy atom. The van der Waals surface area contributed by atoms with E-state index in [1.807, 2.05) is 19.1 Å². The number of aryl methyl sites for hydroxylation is 1. The Bertz CT molecular complexity index is 582. The third kappa shape index (κ3) is 2.63. The summed E-state index contributed by atoms with van der Waals surface area (Å²) < 4.78 is 0. The van der Waals surface area contributed by atoms with Gasteiger partial charge in [-0.15, -0.1) is 0 Å². The monoisotopic (exact) mass is 281 g/mol. The molecule has 3 N–H and O–H groups in total. The molecule has 2 rings (SSSR count). The van der Waals surface area contributed by atoms with Gasteiger partial charge in [0, 0.05) is 0 Å². The van der Waals surface area contributed by atoms with Crippen LogP contribution in [0.2, 0.25) is 5.02 Å². The topological polar surface area (TPSA) is 68.0 Å². The van der Waals surface area contributed by atoms with Crippen molar-refractivity contribution in [2.24, 2.45) is 0 Å². The Labute approximate surface area is 114 Å². The van der Waals surface area contributed by atoms with Crippen LogP contribution in [0.3, 0.4) is 0 Å². The smallest absolute Gasteiger partial charge is 0.267 e. The maximum Gasteiger partial charge on any atom is 0.267 e. The van der Waals surface area contributed by atoms with Gasteiger partial charge in [0.15, 0.2) is 5.13 Å². The van der Waals surface area contributed by atoms with Crippen LogP contribution in [0, 0.1) is 0 Å². The second-order valence-corrected chi connectivity index (χ2v) is 5.11. The van der Waals surface area contributed by atoms with Gasteiger partial charge in [-0.2, -0.15) is 0 Å². The summed E-state index contributed by atoms with van der Waals surface area (Å²) in [5, 5.41) is 3.70. The maximum absolute atomic E-state index is 12.0. The minimum absolute atomic E-state index is 0.244. The van der Waals surface area contributed by atoms with Crippen LogP contribution in [-0.4, -0.2) is 10.9 Å². The van der Waals surface area contributed by atoms with Crippen LogP contribution >= 0.6 is 22.9 Å². The summed E-state index contributed by atoms with van der Waals surface area (Å²) in [6.45, 7) is 2.01. The molecular weight excluding hydrogens is 270 g/mol. The summed E-state index contributed by atoms with van der Waals surface area (Å²) in [6, 6.07) is 5.54. The molecule has 0 saturated carbocycles. The van der Waals surface area contributed by atoms with Gasteiger partial charge in [-0.1, -0.05) is 42.0 Å². The fourth-order valence-electron chi connectivity index (χ4n) is 1.57. The van der Waals surface area contributed by atoms with E-state index >= 15 is 0 Å². The summed E-state index contributed by atoms with van der Waals surface area (Å²) >= 11 is 7.24. The Morgan fingerprint density at radius 2 is 2.33 bits per heavy atom. The van der Waals surface area contributed by atoms with Crippen LogP contribution in [0.4, 0.5) is 10.8 Å². The lowest BCUT2D eigenvalue weighted by molar-refractivity contribution is 0.103. The average Bonchev–Trinajstić information content (AvgIpc) is 2.78. The van der Waals surface area contributed by atoms with Crippen LogP contribution in [-0.2, 0) is 6.42 Å². The Hall–Kier alpha value is -1.59. The van der Waals surface area contributed by atoms with Gasteiger partial charge in [0.2, 0.25) is 0 Å². The molecule has 1 aromatic heterocycles. The van der Waals surface area contributed by atoms with Crippen molar-refractivity contribution in [1.82, 2.24) is 4.98 Å². The number of carbonyl (C=O) groups is 1. The first kappa shape index (κ1) is 12.9. The summed E-state index contributed by atoms with van der Waals surface area (Å²) in [4.78, 5) is 16.3. The number of nitrogens with one attached hydrogen (secondary N) is 1. The number of halogens is 1. The first-order chi connectivity index (χ1) is 8.61. The zero-order chi connectivity index (χ0) is 13.1. The number of amides is 1. The van der Waals surface area contributed by atoms with Crippen LogP contribution < -0.4 is 11.1 Å². The number of rotatable bonds is 3. The molecule has 0 atom stereocenters. The number of nitrogen functional groups attached to an aromatic ring is 1. The molecule has 0 aliphatic heterocycles. The molecule has 2 aromatic rings. The number of carbonyl (C=O) groups excluding carboxylic acids is 1. The van der Waals surface area contributed by atoms with Crippen molar-refractivity contribution < 1.29 is 4.79 Å². The van der Waals surface area contributed by atoms with Crippen molar-refractivity contribution in [2.45, 2.75) is 13.3 Å². The van der Waals surface area contributed by atoms with Gasteiger partial charge >= 0.3 is 0 Å². The summed E-state index contributed by atoms with van der Waals surface area (Å²) in [7, 11) is 0. The molecule has 0 saturated heterocycles. The number of nitrogens with zero attached hydrogens (tertiary/aromatic N) is 1. The highest BCUT2D eigenvalue weighted by atomic mass is 35.5. The molecule has 0 spiro atoms. The number of para-hydroxylation sites is 1. The van der Waals surface area contributed by atoms with Gasteiger partial charge in [-0.25, -0.2) is 4.98 Å². The van der Waals surface area contributed by atoms with E-state index in [9.17, 15) is 4.79 Å². The van der Waals surface area contributed by atoms with Gasteiger partial charge < -0.3 is 11.1 Å². The third-order valence-electron chi connectivity index (χ3n) is 2.47. The molecule has 0 fully saturated rings. The number of hydrogen-bond donors (Lipinski definition) is 2. The molecule has 0 aliphatic carbocycles. The molecule has 1 heterocycles. The normalized spacial score (nSPS) is 10.3. The zero-order valence-corrected chi connectivity index (χ0v) is 11.3. The summed E-state index contributed by atoms with van der Waals surface area (Å²) in [5.74, 6) is -0.244. The zero-order valence-electron chi connectivity index (χ0n) is 9.74. The number of anilines is 2. The maximum atomic E-state index is 12.0. The first-order valence-electron chi connectivity index (χ1n) is 5.42. The lowest BCUT2D eigenvalue weighted by Gasteiger charge is -2.10. The second kappa shape index (κ2) is 5.37. The van der Waals surface area contributed by atoms with E-state index < -0.39 is 0 Å². The molecule has 94 valence electrons. The summed E-state index contributed by atoms with van der Waals surface area (Å²) in [6.07, 6.45) is 2.25. The van der Waals surface area contributed by atoms with E-state index in [-0.39, 0.29) is 5.91 Å². The number of thiazole rings is 1. The molecule has 6 heteroatoms. The van der Waals surface area contributed by atoms with Crippen LogP contribution in [0.5, 0.6) is 0 Å². The van der Waals surface area contributed by atoms with Crippen molar-refractivity contribution in [2.75, 3.05) is 11.1 Å². The SMILES string of the molecule is CCc1cccc(Cl)c1NC(=O)c1cnc(N)s1. The van der Waals surface area contributed by atoms with Crippen molar-refractivity contribution in [1.29, 1.82) is 0 Å². The quantitative estimate of drug-likeness (QED) is 0.908. The van der Waals surface area contributed by atoms with Gasteiger partial charge in [0.25, 0.3) is 5.91 Å². The summed E-state index contributed by atoms with van der Waals surface area (Å²) in [5.41, 5.74) is 7.14. The van der Waals surface area contributed by atoms with Gasteiger partial charge in [0.05, 0.1) is 16.9 Å². The number of benzene rings is 1. The van der Waals surface area contributed by atoms with E-state index in [1.165, 1.54) is 6.20 Å². The molecule has 0 unspecified atom stereocenters. The minimum atomic E-state index is -0.244. The number of nitrogens with two attached hydrogens (primary N) is 1. The highest BCUT2D eigenvalue weighted by Gasteiger charge is 2.13. The molecular formula is C12H12ClN3OS. The lowest BCUT2D eigenvalue weighted by atomic mass is 10.1. The van der Waals surface area contributed by atoms with Crippen molar-refractivity contribution in [3.63, 3.8) is 0 Å². The van der Waals surface area contributed by atoms with Crippen LogP contribution in [0.25, 0.3) is 0 Å². The highest BCUT2D eigenvalue weighted by Crippen LogP contribution is 2.27. The Kier molecular flexibility index (Phi) is 3.84. The van der Waals surface area contributed by atoms with E-state index in [0.29, 0.717) is 20.7 Å². The van der Waals surface area contributed by atoms with Gasteiger partial charge in [-0.05, 0) is 18.1 Å².